The molecular weight excluding hydrogens is 194 g/mol. The first-order valence-electron chi connectivity index (χ1n) is 4.96. The highest BCUT2D eigenvalue weighted by molar-refractivity contribution is 7.09. The molecule has 1 aliphatic carbocycles. The molecule has 14 heavy (non-hydrogen) atoms. The molecule has 1 aromatic heterocycles. The first kappa shape index (κ1) is 9.65. The summed E-state index contributed by atoms with van der Waals surface area (Å²) in [7, 11) is 0. The predicted molar refractivity (Wildman–Crippen MR) is 59.7 cm³/mol. The van der Waals surface area contributed by atoms with Crippen LogP contribution in [-0.4, -0.2) is 17.4 Å². The summed E-state index contributed by atoms with van der Waals surface area (Å²) in [5.74, 6) is 1.82. The molecule has 3 nitrogen and oxygen atoms in total. The van der Waals surface area contributed by atoms with Crippen molar-refractivity contribution in [1.82, 2.24) is 4.98 Å². The third-order valence-electron chi connectivity index (χ3n) is 2.42. The fraction of sp³-hybridized carbons (Fsp3) is 0.600. The van der Waals surface area contributed by atoms with Crippen molar-refractivity contribution in [3.05, 3.63) is 16.6 Å². The van der Waals surface area contributed by atoms with Gasteiger partial charge in [-0.25, -0.2) is 4.98 Å². The second-order valence-electron chi connectivity index (χ2n) is 3.81. The zero-order chi connectivity index (χ0) is 9.97. The maximum Gasteiger partial charge on any atom is 0.0971 e. The van der Waals surface area contributed by atoms with E-state index in [1.54, 1.807) is 11.3 Å². The van der Waals surface area contributed by atoms with Crippen molar-refractivity contribution >= 4 is 17.2 Å². The van der Waals surface area contributed by atoms with Gasteiger partial charge in [-0.15, -0.1) is 11.3 Å². The molecule has 0 aromatic carbocycles. The van der Waals surface area contributed by atoms with Crippen molar-refractivity contribution in [2.75, 3.05) is 6.54 Å². The van der Waals surface area contributed by atoms with Gasteiger partial charge in [0.25, 0.3) is 0 Å². The number of amidine groups is 1. The van der Waals surface area contributed by atoms with Gasteiger partial charge in [0, 0.05) is 30.0 Å². The Bertz CT molecular complexity index is 314. The number of aliphatic imine (C=N–C) groups is 1. The van der Waals surface area contributed by atoms with E-state index in [0.29, 0.717) is 11.8 Å². The van der Waals surface area contributed by atoms with Gasteiger partial charge in [-0.1, -0.05) is 6.92 Å². The standard InChI is InChI=1S/C10H15N3S/c1-7(10-12-4-5-14-10)6-13-9(11)8-2-3-8/h4-5,7-8H,2-3,6H2,1H3,(H2,11,13). The van der Waals surface area contributed by atoms with Crippen LogP contribution in [0.2, 0.25) is 0 Å². The van der Waals surface area contributed by atoms with Gasteiger partial charge in [-0.3, -0.25) is 4.99 Å². The summed E-state index contributed by atoms with van der Waals surface area (Å²) in [6.45, 7) is 2.92. The average molecular weight is 209 g/mol. The van der Waals surface area contributed by atoms with E-state index in [-0.39, 0.29) is 0 Å². The van der Waals surface area contributed by atoms with Crippen LogP contribution < -0.4 is 5.73 Å². The van der Waals surface area contributed by atoms with Crippen molar-refractivity contribution in [2.45, 2.75) is 25.7 Å². The number of nitrogens with zero attached hydrogens (tertiary/aromatic N) is 2. The van der Waals surface area contributed by atoms with Crippen LogP contribution in [0.1, 0.15) is 30.7 Å². The molecule has 0 bridgehead atoms. The summed E-state index contributed by atoms with van der Waals surface area (Å²) < 4.78 is 0. The van der Waals surface area contributed by atoms with E-state index in [1.165, 1.54) is 12.8 Å². The maximum absolute atomic E-state index is 5.81. The number of hydrogen-bond donors (Lipinski definition) is 1. The Morgan fingerprint density at radius 2 is 2.57 bits per heavy atom. The highest BCUT2D eigenvalue weighted by atomic mass is 32.1. The SMILES string of the molecule is CC(CN=C(N)C1CC1)c1nccs1. The molecular formula is C10H15N3S. The normalized spacial score (nSPS) is 19.6. The van der Waals surface area contributed by atoms with Crippen LogP contribution in [0.25, 0.3) is 0 Å². The molecule has 76 valence electrons. The fourth-order valence-corrected chi connectivity index (χ4v) is 2.00. The molecule has 0 spiro atoms. The smallest absolute Gasteiger partial charge is 0.0971 e. The molecule has 1 aromatic rings. The van der Waals surface area contributed by atoms with Crippen molar-refractivity contribution in [1.29, 1.82) is 0 Å². The van der Waals surface area contributed by atoms with E-state index in [4.69, 9.17) is 5.73 Å². The molecule has 2 N–H and O–H groups in total. The van der Waals surface area contributed by atoms with Gasteiger partial charge in [0.2, 0.25) is 0 Å². The Hall–Kier alpha value is -0.900. The summed E-state index contributed by atoms with van der Waals surface area (Å²) in [5, 5.41) is 3.15. The first-order valence-corrected chi connectivity index (χ1v) is 5.84. The zero-order valence-corrected chi connectivity index (χ0v) is 9.13. The van der Waals surface area contributed by atoms with Crippen molar-refractivity contribution < 1.29 is 0 Å². The summed E-state index contributed by atoms with van der Waals surface area (Å²) >= 11 is 1.69. The van der Waals surface area contributed by atoms with Gasteiger partial charge in [0.05, 0.1) is 10.8 Å². The molecule has 2 rings (SSSR count). The van der Waals surface area contributed by atoms with Crippen molar-refractivity contribution in [3.63, 3.8) is 0 Å². The van der Waals surface area contributed by atoms with Crippen LogP contribution in [0.3, 0.4) is 0 Å². The lowest BCUT2D eigenvalue weighted by Crippen LogP contribution is -2.15. The average Bonchev–Trinajstić information content (AvgIpc) is 2.90. The van der Waals surface area contributed by atoms with E-state index in [9.17, 15) is 0 Å². The van der Waals surface area contributed by atoms with Gasteiger partial charge in [-0.05, 0) is 12.8 Å². The topological polar surface area (TPSA) is 51.3 Å². The van der Waals surface area contributed by atoms with Crippen LogP contribution in [0.15, 0.2) is 16.6 Å². The van der Waals surface area contributed by atoms with E-state index in [0.717, 1.165) is 17.4 Å². The quantitative estimate of drug-likeness (QED) is 0.609. The molecule has 0 radical (unpaired) electrons. The lowest BCUT2D eigenvalue weighted by Gasteiger charge is -2.04. The summed E-state index contributed by atoms with van der Waals surface area (Å²) in [6, 6.07) is 0. The summed E-state index contributed by atoms with van der Waals surface area (Å²) in [6.07, 6.45) is 4.28. The molecule has 1 atom stereocenters. The number of nitrogens with two attached hydrogens (primary N) is 1. The van der Waals surface area contributed by atoms with Crippen LogP contribution in [0, 0.1) is 5.92 Å². The van der Waals surface area contributed by atoms with Gasteiger partial charge < -0.3 is 5.73 Å². The van der Waals surface area contributed by atoms with Crippen molar-refractivity contribution in [2.24, 2.45) is 16.6 Å². The van der Waals surface area contributed by atoms with Crippen LogP contribution in [0.4, 0.5) is 0 Å². The molecule has 1 heterocycles. The largest absolute Gasteiger partial charge is 0.387 e. The lowest BCUT2D eigenvalue weighted by molar-refractivity contribution is 0.762. The summed E-state index contributed by atoms with van der Waals surface area (Å²) in [5.41, 5.74) is 5.81. The van der Waals surface area contributed by atoms with E-state index >= 15 is 0 Å². The predicted octanol–water partition coefficient (Wildman–Crippen LogP) is 2.01. The molecule has 1 fully saturated rings. The lowest BCUT2D eigenvalue weighted by atomic mass is 10.2. The molecule has 0 aliphatic heterocycles. The molecule has 0 saturated heterocycles. The van der Waals surface area contributed by atoms with Crippen LogP contribution in [-0.2, 0) is 0 Å². The van der Waals surface area contributed by atoms with Crippen molar-refractivity contribution in [3.8, 4) is 0 Å². The zero-order valence-electron chi connectivity index (χ0n) is 8.31. The number of thiazole rings is 1. The minimum Gasteiger partial charge on any atom is -0.387 e. The number of rotatable bonds is 4. The Labute approximate surface area is 88.1 Å². The monoisotopic (exact) mass is 209 g/mol. The highest BCUT2D eigenvalue weighted by Gasteiger charge is 2.25. The molecule has 1 unspecified atom stereocenters. The van der Waals surface area contributed by atoms with Gasteiger partial charge >= 0.3 is 0 Å². The van der Waals surface area contributed by atoms with E-state index in [2.05, 4.69) is 16.9 Å². The van der Waals surface area contributed by atoms with Gasteiger partial charge in [-0.2, -0.15) is 0 Å². The molecule has 4 heteroatoms. The van der Waals surface area contributed by atoms with Gasteiger partial charge in [0.1, 0.15) is 0 Å². The Morgan fingerprint density at radius 3 is 3.14 bits per heavy atom. The van der Waals surface area contributed by atoms with Crippen LogP contribution >= 0.6 is 11.3 Å². The maximum atomic E-state index is 5.81. The minimum atomic E-state index is 0.396. The number of hydrogen-bond acceptors (Lipinski definition) is 3. The second kappa shape index (κ2) is 4.09. The van der Waals surface area contributed by atoms with Gasteiger partial charge in [0.15, 0.2) is 0 Å². The molecule has 0 amide bonds. The third-order valence-corrected chi connectivity index (χ3v) is 3.42. The Kier molecular flexibility index (Phi) is 2.82. The fourth-order valence-electron chi connectivity index (χ4n) is 1.31. The third kappa shape index (κ3) is 2.32. The highest BCUT2D eigenvalue weighted by Crippen LogP contribution is 2.29. The van der Waals surface area contributed by atoms with E-state index < -0.39 is 0 Å². The van der Waals surface area contributed by atoms with E-state index in [1.807, 2.05) is 11.6 Å². The summed E-state index contributed by atoms with van der Waals surface area (Å²) in [4.78, 5) is 8.67. The number of aromatic nitrogens is 1. The second-order valence-corrected chi connectivity index (χ2v) is 4.74. The molecule has 1 aliphatic rings. The van der Waals surface area contributed by atoms with Crippen LogP contribution in [0.5, 0.6) is 0 Å². The minimum absolute atomic E-state index is 0.396. The first-order chi connectivity index (χ1) is 6.77. The Balaban J connectivity index is 1.88. The molecule has 1 saturated carbocycles. The Morgan fingerprint density at radius 1 is 1.79 bits per heavy atom.